The smallest absolute Gasteiger partial charge is 0.157 e. The molecule has 1 aliphatic heterocycles. The third-order valence-electron chi connectivity index (χ3n) is 3.77. The summed E-state index contributed by atoms with van der Waals surface area (Å²) in [7, 11) is -3.22. The molecule has 2 N–H and O–H groups in total. The Balaban J connectivity index is 2.14. The molecule has 1 aliphatic rings. The average Bonchev–Trinajstić information content (AvgIpc) is 2.76. The van der Waals surface area contributed by atoms with Gasteiger partial charge in [0, 0.05) is 12.6 Å². The van der Waals surface area contributed by atoms with Crippen molar-refractivity contribution in [3.8, 4) is 0 Å². The second kappa shape index (κ2) is 5.61. The maximum Gasteiger partial charge on any atom is 0.157 e. The van der Waals surface area contributed by atoms with Crippen LogP contribution in [0.15, 0.2) is 24.3 Å². The first-order valence-corrected chi connectivity index (χ1v) is 8.27. The minimum absolute atomic E-state index is 0.0176. The number of aryl methyl sites for hydroxylation is 1. The van der Waals surface area contributed by atoms with Crippen molar-refractivity contribution >= 4 is 9.84 Å². The van der Waals surface area contributed by atoms with E-state index in [4.69, 9.17) is 10.5 Å². The van der Waals surface area contributed by atoms with E-state index >= 15 is 0 Å². The largest absolute Gasteiger partial charge is 0.377 e. The molecule has 1 fully saturated rings. The van der Waals surface area contributed by atoms with Crippen molar-refractivity contribution in [1.29, 1.82) is 0 Å². The van der Waals surface area contributed by atoms with Gasteiger partial charge in [-0.3, -0.25) is 0 Å². The van der Waals surface area contributed by atoms with Gasteiger partial charge in [-0.05, 0) is 31.4 Å². The fourth-order valence-corrected chi connectivity index (χ4v) is 4.70. The zero-order valence-corrected chi connectivity index (χ0v) is 12.2. The van der Waals surface area contributed by atoms with Gasteiger partial charge in [-0.15, -0.1) is 0 Å². The molecule has 5 heteroatoms. The summed E-state index contributed by atoms with van der Waals surface area (Å²) in [5, 5.41) is -0.414. The van der Waals surface area contributed by atoms with Crippen LogP contribution in [0.3, 0.4) is 0 Å². The Morgan fingerprint density at radius 2 is 2.11 bits per heavy atom. The van der Waals surface area contributed by atoms with Crippen molar-refractivity contribution in [2.75, 3.05) is 12.4 Å². The van der Waals surface area contributed by atoms with Crippen LogP contribution in [0.1, 0.15) is 30.5 Å². The average molecular weight is 283 g/mol. The molecule has 0 radical (unpaired) electrons. The normalized spacial score (nSPS) is 25.4. The second-order valence-electron chi connectivity index (χ2n) is 5.20. The van der Waals surface area contributed by atoms with Crippen LogP contribution in [-0.4, -0.2) is 32.1 Å². The SMILES string of the molecule is Cc1ccccc1C(N)CS(=O)(=O)C1CCOC1C. The highest BCUT2D eigenvalue weighted by molar-refractivity contribution is 7.92. The van der Waals surface area contributed by atoms with Gasteiger partial charge in [0.2, 0.25) is 0 Å². The van der Waals surface area contributed by atoms with Crippen molar-refractivity contribution in [3.05, 3.63) is 35.4 Å². The van der Waals surface area contributed by atoms with E-state index in [1.807, 2.05) is 38.1 Å². The molecule has 0 aromatic heterocycles. The fraction of sp³-hybridized carbons (Fsp3) is 0.571. The number of nitrogens with two attached hydrogens (primary N) is 1. The van der Waals surface area contributed by atoms with Crippen LogP contribution in [0.4, 0.5) is 0 Å². The van der Waals surface area contributed by atoms with Crippen LogP contribution in [0.25, 0.3) is 0 Å². The minimum Gasteiger partial charge on any atom is -0.377 e. The first-order chi connectivity index (χ1) is 8.92. The molecule has 0 saturated carbocycles. The molecule has 0 aliphatic carbocycles. The predicted molar refractivity (Wildman–Crippen MR) is 75.7 cm³/mol. The number of hydrogen-bond donors (Lipinski definition) is 1. The Hall–Kier alpha value is -0.910. The maximum absolute atomic E-state index is 12.4. The Labute approximate surface area is 114 Å². The highest BCUT2D eigenvalue weighted by atomic mass is 32.2. The molecule has 19 heavy (non-hydrogen) atoms. The van der Waals surface area contributed by atoms with E-state index in [2.05, 4.69) is 0 Å². The van der Waals surface area contributed by atoms with Crippen LogP contribution in [-0.2, 0) is 14.6 Å². The lowest BCUT2D eigenvalue weighted by Gasteiger charge is -2.19. The van der Waals surface area contributed by atoms with Crippen LogP contribution in [0, 0.1) is 6.92 Å². The van der Waals surface area contributed by atoms with E-state index in [1.54, 1.807) is 0 Å². The van der Waals surface area contributed by atoms with Crippen molar-refractivity contribution < 1.29 is 13.2 Å². The zero-order chi connectivity index (χ0) is 14.0. The molecular weight excluding hydrogens is 262 g/mol. The third kappa shape index (κ3) is 3.16. The fourth-order valence-electron chi connectivity index (χ4n) is 2.65. The van der Waals surface area contributed by atoms with Gasteiger partial charge in [-0.25, -0.2) is 8.42 Å². The molecule has 2 rings (SSSR count). The Morgan fingerprint density at radius 3 is 2.68 bits per heavy atom. The van der Waals surface area contributed by atoms with Crippen molar-refractivity contribution in [2.45, 2.75) is 37.7 Å². The molecule has 0 bridgehead atoms. The molecule has 106 valence electrons. The molecule has 0 amide bonds. The maximum atomic E-state index is 12.4. The summed E-state index contributed by atoms with van der Waals surface area (Å²) in [4.78, 5) is 0. The van der Waals surface area contributed by atoms with E-state index in [9.17, 15) is 8.42 Å². The van der Waals surface area contributed by atoms with Crippen LogP contribution < -0.4 is 5.73 Å². The standard InChI is InChI=1S/C14H21NO3S/c1-10-5-3-4-6-12(10)13(15)9-19(16,17)14-7-8-18-11(14)2/h3-6,11,13-14H,7-9,15H2,1-2H3. The molecule has 0 spiro atoms. The lowest BCUT2D eigenvalue weighted by atomic mass is 10.0. The summed E-state index contributed by atoms with van der Waals surface area (Å²) >= 11 is 0. The second-order valence-corrected chi connectivity index (χ2v) is 7.46. The summed E-state index contributed by atoms with van der Waals surface area (Å²) < 4.78 is 30.1. The summed E-state index contributed by atoms with van der Waals surface area (Å²) in [6, 6.07) is 7.18. The van der Waals surface area contributed by atoms with Gasteiger partial charge in [0.1, 0.15) is 0 Å². The third-order valence-corrected chi connectivity index (χ3v) is 6.13. The highest BCUT2D eigenvalue weighted by Crippen LogP contribution is 2.25. The first-order valence-electron chi connectivity index (χ1n) is 6.56. The van der Waals surface area contributed by atoms with Crippen molar-refractivity contribution in [3.63, 3.8) is 0 Å². The van der Waals surface area contributed by atoms with Gasteiger partial charge >= 0.3 is 0 Å². The Kier molecular flexibility index (Phi) is 4.28. The molecule has 1 heterocycles. The van der Waals surface area contributed by atoms with Gasteiger partial charge in [-0.1, -0.05) is 24.3 Å². The van der Waals surface area contributed by atoms with E-state index in [0.29, 0.717) is 13.0 Å². The number of benzene rings is 1. The van der Waals surface area contributed by atoms with E-state index in [0.717, 1.165) is 11.1 Å². The quantitative estimate of drug-likeness (QED) is 0.911. The molecular formula is C14H21NO3S. The van der Waals surface area contributed by atoms with Crippen molar-refractivity contribution in [2.24, 2.45) is 5.73 Å². The van der Waals surface area contributed by atoms with Crippen LogP contribution in [0.5, 0.6) is 0 Å². The Bertz CT molecular complexity index is 541. The summed E-state index contributed by atoms with van der Waals surface area (Å²) in [5.74, 6) is -0.0176. The van der Waals surface area contributed by atoms with Gasteiger partial charge in [0.05, 0.1) is 17.1 Å². The summed E-state index contributed by atoms with van der Waals surface area (Å²) in [6.45, 7) is 4.28. The molecule has 1 saturated heterocycles. The van der Waals surface area contributed by atoms with Gasteiger partial charge in [-0.2, -0.15) is 0 Å². The number of hydrogen-bond acceptors (Lipinski definition) is 4. The Morgan fingerprint density at radius 1 is 1.42 bits per heavy atom. The van der Waals surface area contributed by atoms with Gasteiger partial charge in [0.25, 0.3) is 0 Å². The monoisotopic (exact) mass is 283 g/mol. The molecule has 1 aromatic rings. The van der Waals surface area contributed by atoms with Crippen molar-refractivity contribution in [1.82, 2.24) is 0 Å². The highest BCUT2D eigenvalue weighted by Gasteiger charge is 2.36. The molecule has 1 aromatic carbocycles. The number of rotatable bonds is 4. The van der Waals surface area contributed by atoms with Crippen LogP contribution in [0.2, 0.25) is 0 Å². The minimum atomic E-state index is -3.22. The van der Waals surface area contributed by atoms with Gasteiger partial charge in [0.15, 0.2) is 9.84 Å². The van der Waals surface area contributed by atoms with E-state index in [-0.39, 0.29) is 11.9 Å². The first kappa shape index (κ1) is 14.5. The van der Waals surface area contributed by atoms with E-state index < -0.39 is 21.1 Å². The zero-order valence-electron chi connectivity index (χ0n) is 11.4. The number of ether oxygens (including phenoxy) is 1. The molecule has 4 nitrogen and oxygen atoms in total. The molecule has 3 unspecified atom stereocenters. The van der Waals surface area contributed by atoms with Gasteiger partial charge < -0.3 is 10.5 Å². The predicted octanol–water partition coefficient (Wildman–Crippen LogP) is 1.59. The van der Waals surface area contributed by atoms with E-state index in [1.165, 1.54) is 0 Å². The van der Waals surface area contributed by atoms with Crippen LogP contribution >= 0.6 is 0 Å². The lowest BCUT2D eigenvalue weighted by molar-refractivity contribution is 0.126. The summed E-state index contributed by atoms with van der Waals surface area (Å²) in [6.07, 6.45) is 0.346. The lowest BCUT2D eigenvalue weighted by Crippen LogP contribution is -2.34. The topological polar surface area (TPSA) is 69.4 Å². The molecule has 3 atom stereocenters. The number of sulfone groups is 1. The summed E-state index contributed by atoms with van der Waals surface area (Å²) in [5.41, 5.74) is 8.00.